The topological polar surface area (TPSA) is 71.1 Å². The van der Waals surface area contributed by atoms with Crippen molar-refractivity contribution in [3.8, 4) is 5.75 Å². The van der Waals surface area contributed by atoms with Crippen LogP contribution in [0.1, 0.15) is 67.1 Å². The van der Waals surface area contributed by atoms with E-state index in [1.165, 1.54) is 22.3 Å². The molecule has 7 nitrogen and oxygen atoms in total. The molecule has 0 spiro atoms. The molecule has 1 fully saturated rings. The molecule has 0 saturated carbocycles. The molecular weight excluding hydrogens is 538 g/mol. The first-order chi connectivity index (χ1) is 20.8. The second-order valence-electron chi connectivity index (χ2n) is 11.8. The Morgan fingerprint density at radius 2 is 1.72 bits per heavy atom. The van der Waals surface area contributed by atoms with Gasteiger partial charge in [0.1, 0.15) is 18.5 Å². The number of carbonyl (C=O) groups excluding carboxylic acids is 2. The van der Waals surface area contributed by atoms with Crippen molar-refractivity contribution >= 4 is 17.5 Å². The van der Waals surface area contributed by atoms with Crippen LogP contribution in [0.15, 0.2) is 66.7 Å². The fourth-order valence-corrected chi connectivity index (χ4v) is 6.47. The van der Waals surface area contributed by atoms with Gasteiger partial charge >= 0.3 is 0 Å². The van der Waals surface area contributed by atoms with Crippen molar-refractivity contribution in [1.82, 2.24) is 10.2 Å². The normalized spacial score (nSPS) is 21.2. The lowest BCUT2D eigenvalue weighted by Gasteiger charge is -2.42. The Balaban J connectivity index is 0.00000144. The van der Waals surface area contributed by atoms with E-state index >= 15 is 0 Å². The lowest BCUT2D eigenvalue weighted by molar-refractivity contribution is -0.134. The van der Waals surface area contributed by atoms with Gasteiger partial charge in [0.15, 0.2) is 0 Å². The zero-order chi connectivity index (χ0) is 30.5. The number of amides is 2. The summed E-state index contributed by atoms with van der Waals surface area (Å²) in [6.07, 6.45) is 3.09. The monoisotopic (exact) mass is 585 g/mol. The zero-order valence-electron chi connectivity index (χ0n) is 26.1. The Kier molecular flexibility index (Phi) is 9.71. The molecule has 0 bridgehead atoms. The molecule has 0 radical (unpaired) electrons. The molecule has 2 amide bonds. The second kappa shape index (κ2) is 13.6. The number of aryl methyl sites for hydroxylation is 1. The number of benzene rings is 3. The van der Waals surface area contributed by atoms with Crippen molar-refractivity contribution in [1.29, 1.82) is 0 Å². The summed E-state index contributed by atoms with van der Waals surface area (Å²) >= 11 is 0. The summed E-state index contributed by atoms with van der Waals surface area (Å²) in [4.78, 5) is 30.5. The summed E-state index contributed by atoms with van der Waals surface area (Å²) < 4.78 is 12.6. The third kappa shape index (κ3) is 7.04. The zero-order valence-corrected chi connectivity index (χ0v) is 26.1. The molecule has 3 aromatic carbocycles. The minimum atomic E-state index is -0.289. The Morgan fingerprint density at radius 3 is 2.42 bits per heavy atom. The third-order valence-corrected chi connectivity index (χ3v) is 8.81. The van der Waals surface area contributed by atoms with Gasteiger partial charge in [0, 0.05) is 33.8 Å². The molecular formula is C36H47N3O4. The number of hydrogen-bond donors (Lipinski definition) is 1. The molecule has 3 aliphatic rings. The van der Waals surface area contributed by atoms with Crippen molar-refractivity contribution in [2.75, 3.05) is 25.6 Å². The van der Waals surface area contributed by atoms with Gasteiger partial charge in [-0.3, -0.25) is 9.59 Å². The fourth-order valence-electron chi connectivity index (χ4n) is 6.47. The number of rotatable bonds is 6. The standard InChI is InChI=1S/C34H39N3O4.C2H6.H2/c1-22-8-10-23(11-9-22)20-36(2)27-12-15-31-29(18-27)34(39)37(3)30-14-13-28(41-32(30)21-40-31)19-33(38)35-26-16-24-6-4-5-7-25(24)17-26;1-2;/h4-12,15,18,26,28,30,32H,13-14,16-17,19-21H2,1-3H3,(H,35,38);1-2H3;1H/t28-,30-,32-;;/m0../s1. The van der Waals surface area contributed by atoms with E-state index in [1.807, 2.05) is 51.0 Å². The summed E-state index contributed by atoms with van der Waals surface area (Å²) in [5.41, 5.74) is 6.61. The van der Waals surface area contributed by atoms with Crippen LogP contribution in [0.25, 0.3) is 0 Å². The number of carbonyl (C=O) groups is 2. The number of fused-ring (bicyclic) bond motifs is 3. The molecule has 6 rings (SSSR count). The molecule has 0 unspecified atom stereocenters. The third-order valence-electron chi connectivity index (χ3n) is 8.81. The first kappa shape index (κ1) is 30.6. The van der Waals surface area contributed by atoms with Gasteiger partial charge in [-0.25, -0.2) is 0 Å². The Labute approximate surface area is 257 Å². The predicted octanol–water partition coefficient (Wildman–Crippen LogP) is 5.96. The number of hydrogen-bond acceptors (Lipinski definition) is 5. The minimum Gasteiger partial charge on any atom is -0.490 e. The molecule has 1 aliphatic carbocycles. The molecule has 1 saturated heterocycles. The molecule has 3 aromatic rings. The van der Waals surface area contributed by atoms with Crippen molar-refractivity contribution in [3.63, 3.8) is 0 Å². The van der Waals surface area contributed by atoms with Gasteiger partial charge in [0.25, 0.3) is 5.91 Å². The number of anilines is 1. The summed E-state index contributed by atoms with van der Waals surface area (Å²) in [5, 5.41) is 3.21. The Morgan fingerprint density at radius 1 is 1.02 bits per heavy atom. The molecule has 2 heterocycles. The highest BCUT2D eigenvalue weighted by molar-refractivity contribution is 5.98. The van der Waals surface area contributed by atoms with Crippen molar-refractivity contribution in [3.05, 3.63) is 94.5 Å². The van der Waals surface area contributed by atoms with E-state index in [-0.39, 0.29) is 37.5 Å². The first-order valence-electron chi connectivity index (χ1n) is 15.7. The Bertz CT molecular complexity index is 1400. The molecule has 43 heavy (non-hydrogen) atoms. The molecule has 1 N–H and O–H groups in total. The van der Waals surface area contributed by atoms with E-state index in [4.69, 9.17) is 9.47 Å². The predicted molar refractivity (Wildman–Crippen MR) is 173 cm³/mol. The average molecular weight is 586 g/mol. The lowest BCUT2D eigenvalue weighted by Crippen LogP contribution is -2.54. The number of ether oxygens (including phenoxy) is 2. The largest absolute Gasteiger partial charge is 0.490 e. The van der Waals surface area contributed by atoms with Crippen molar-refractivity contribution in [2.24, 2.45) is 0 Å². The molecule has 3 atom stereocenters. The van der Waals surface area contributed by atoms with Gasteiger partial charge in [-0.1, -0.05) is 67.9 Å². The van der Waals surface area contributed by atoms with E-state index in [0.717, 1.165) is 37.9 Å². The van der Waals surface area contributed by atoms with E-state index in [1.54, 1.807) is 0 Å². The smallest absolute Gasteiger partial charge is 0.257 e. The van der Waals surface area contributed by atoms with Crippen LogP contribution in [0, 0.1) is 6.92 Å². The average Bonchev–Trinajstić information content (AvgIpc) is 3.43. The van der Waals surface area contributed by atoms with E-state index in [9.17, 15) is 9.59 Å². The molecule has 0 aromatic heterocycles. The maximum absolute atomic E-state index is 13.7. The first-order valence-corrected chi connectivity index (χ1v) is 15.7. The highest BCUT2D eigenvalue weighted by Gasteiger charge is 2.39. The van der Waals surface area contributed by atoms with Crippen LogP contribution in [-0.2, 0) is 28.9 Å². The van der Waals surface area contributed by atoms with Gasteiger partial charge in [0.2, 0.25) is 5.91 Å². The highest BCUT2D eigenvalue weighted by Crippen LogP contribution is 2.33. The van der Waals surface area contributed by atoms with Gasteiger partial charge in [-0.15, -0.1) is 0 Å². The van der Waals surface area contributed by atoms with E-state index in [2.05, 4.69) is 65.7 Å². The number of likely N-dealkylation sites (N-methyl/N-ethyl adjacent to an activating group) is 1. The quantitative estimate of drug-likeness (QED) is 0.387. The van der Waals surface area contributed by atoms with Crippen molar-refractivity contribution < 1.29 is 20.5 Å². The summed E-state index contributed by atoms with van der Waals surface area (Å²) in [6.45, 7) is 7.16. The van der Waals surface area contributed by atoms with Crippen LogP contribution < -0.4 is 15.0 Å². The van der Waals surface area contributed by atoms with Gasteiger partial charge < -0.3 is 24.6 Å². The minimum absolute atomic E-state index is 0. The second-order valence-corrected chi connectivity index (χ2v) is 11.8. The summed E-state index contributed by atoms with van der Waals surface area (Å²) in [7, 11) is 3.89. The highest BCUT2D eigenvalue weighted by atomic mass is 16.5. The van der Waals surface area contributed by atoms with Crippen LogP contribution in [0.4, 0.5) is 5.69 Å². The van der Waals surface area contributed by atoms with Gasteiger partial charge in [-0.05, 0) is 67.5 Å². The van der Waals surface area contributed by atoms with E-state index < -0.39 is 0 Å². The van der Waals surface area contributed by atoms with Crippen LogP contribution >= 0.6 is 0 Å². The summed E-state index contributed by atoms with van der Waals surface area (Å²) in [6, 6.07) is 22.7. The SMILES string of the molecule is CC.Cc1ccc(CN(C)c2ccc3c(c2)C(=O)N(C)[C@H]2CC[C@@H](CC(=O)NC4Cc5ccccc5C4)O[C@H]2CO3)cc1.[HH]. The van der Waals surface area contributed by atoms with Crippen LogP contribution in [-0.4, -0.2) is 61.7 Å². The fraction of sp³-hybridized carbons (Fsp3) is 0.444. The maximum atomic E-state index is 13.7. The Hall–Kier alpha value is -3.84. The lowest BCUT2D eigenvalue weighted by atomic mass is 9.94. The van der Waals surface area contributed by atoms with Crippen LogP contribution in [0.5, 0.6) is 5.75 Å². The molecule has 2 aliphatic heterocycles. The molecule has 7 heteroatoms. The van der Waals surface area contributed by atoms with Crippen LogP contribution in [0.3, 0.4) is 0 Å². The van der Waals surface area contributed by atoms with E-state index in [0.29, 0.717) is 24.3 Å². The van der Waals surface area contributed by atoms with Crippen LogP contribution in [0.2, 0.25) is 0 Å². The van der Waals surface area contributed by atoms with Gasteiger partial charge in [-0.2, -0.15) is 0 Å². The number of nitrogens with zero attached hydrogens (tertiary/aromatic N) is 2. The summed E-state index contributed by atoms with van der Waals surface area (Å²) in [5.74, 6) is 0.521. The van der Waals surface area contributed by atoms with Crippen molar-refractivity contribution in [2.45, 2.75) is 83.7 Å². The maximum Gasteiger partial charge on any atom is 0.257 e. The molecule has 230 valence electrons. The van der Waals surface area contributed by atoms with Gasteiger partial charge in [0.05, 0.1) is 24.1 Å². The number of nitrogens with one attached hydrogen (secondary N) is 1.